The molecule has 2 saturated heterocycles. The van der Waals surface area contributed by atoms with Crippen molar-refractivity contribution in [1.82, 2.24) is 15.5 Å². The maximum atomic E-state index is 9.25. The molecule has 0 amide bonds. The monoisotopic (exact) mass is 419 g/mol. The van der Waals surface area contributed by atoms with Crippen molar-refractivity contribution in [2.45, 2.75) is 51.4 Å². The fraction of sp³-hybridized carbons (Fsp3) is 0.550. The van der Waals surface area contributed by atoms with Crippen molar-refractivity contribution in [2.24, 2.45) is 10.7 Å². The second kappa shape index (κ2) is 8.40. The van der Waals surface area contributed by atoms with E-state index in [0.717, 1.165) is 16.8 Å². The average Bonchev–Trinajstić information content (AvgIpc) is 3.26. The van der Waals surface area contributed by atoms with Crippen molar-refractivity contribution in [2.75, 3.05) is 20.3 Å². The zero-order chi connectivity index (χ0) is 21.3. The molecule has 0 saturated carbocycles. The molecular formula is C20H29N5O5. The zero-order valence-electron chi connectivity index (χ0n) is 17.4. The van der Waals surface area contributed by atoms with E-state index in [2.05, 4.69) is 20.5 Å². The van der Waals surface area contributed by atoms with Gasteiger partial charge >= 0.3 is 0 Å². The molecule has 3 aliphatic rings. The van der Waals surface area contributed by atoms with E-state index in [9.17, 15) is 5.11 Å². The van der Waals surface area contributed by atoms with E-state index < -0.39 is 5.79 Å². The van der Waals surface area contributed by atoms with Crippen LogP contribution in [0.15, 0.2) is 40.8 Å². The minimum absolute atomic E-state index is 0.0178. The van der Waals surface area contributed by atoms with Crippen molar-refractivity contribution in [1.29, 1.82) is 0 Å². The summed E-state index contributed by atoms with van der Waals surface area (Å²) in [5.74, 6) is -0.261. The summed E-state index contributed by atoms with van der Waals surface area (Å²) in [7, 11) is 1.63. The summed E-state index contributed by atoms with van der Waals surface area (Å²) >= 11 is 0. The number of ether oxygens (including phenoxy) is 4. The summed E-state index contributed by atoms with van der Waals surface area (Å²) in [4.78, 5) is 6.40. The molecular weight excluding hydrogens is 390 g/mol. The summed E-state index contributed by atoms with van der Waals surface area (Å²) < 4.78 is 22.8. The molecule has 164 valence electrons. The Labute approximate surface area is 175 Å². The molecule has 4 rings (SSSR count). The summed E-state index contributed by atoms with van der Waals surface area (Å²) in [6, 6.07) is 8.10. The Hall–Kier alpha value is -2.37. The predicted molar refractivity (Wildman–Crippen MR) is 108 cm³/mol. The molecule has 0 aliphatic carbocycles. The van der Waals surface area contributed by atoms with Gasteiger partial charge in [0.25, 0.3) is 6.02 Å². The number of nitrogens with two attached hydrogens (primary N) is 1. The number of aliphatic imine (C=N–C) groups is 1. The second-order valence-corrected chi connectivity index (χ2v) is 7.90. The molecule has 3 atom stereocenters. The number of nitrogens with zero attached hydrogens (tertiary/aromatic N) is 2. The SMILES string of the molecule is COC1NC2=C(N)N=C(OCC3COC(C)(C)O3)NC2N1Cc1ccc(CO)cc1. The van der Waals surface area contributed by atoms with Crippen LogP contribution in [0.5, 0.6) is 0 Å². The van der Waals surface area contributed by atoms with Crippen LogP contribution >= 0.6 is 0 Å². The van der Waals surface area contributed by atoms with Gasteiger partial charge in [0.15, 0.2) is 18.0 Å². The molecule has 1 aromatic rings. The van der Waals surface area contributed by atoms with Gasteiger partial charge in [-0.1, -0.05) is 24.3 Å². The van der Waals surface area contributed by atoms with Crippen LogP contribution in [0, 0.1) is 0 Å². The molecule has 3 aliphatic heterocycles. The fourth-order valence-electron chi connectivity index (χ4n) is 3.70. The van der Waals surface area contributed by atoms with Crippen LogP contribution in [0.25, 0.3) is 0 Å². The number of aliphatic hydroxyl groups excluding tert-OH is 1. The number of methoxy groups -OCH3 is 1. The maximum absolute atomic E-state index is 9.25. The van der Waals surface area contributed by atoms with Gasteiger partial charge in [-0.15, -0.1) is 0 Å². The van der Waals surface area contributed by atoms with Crippen LogP contribution < -0.4 is 16.4 Å². The Morgan fingerprint density at radius 2 is 2.00 bits per heavy atom. The molecule has 0 radical (unpaired) electrons. The second-order valence-electron chi connectivity index (χ2n) is 7.90. The molecule has 5 N–H and O–H groups in total. The summed E-state index contributed by atoms with van der Waals surface area (Å²) in [6.07, 6.45) is -0.835. The number of hydrogen-bond acceptors (Lipinski definition) is 10. The van der Waals surface area contributed by atoms with Crippen molar-refractivity contribution in [3.63, 3.8) is 0 Å². The first kappa shape index (κ1) is 20.9. The minimum Gasteiger partial charge on any atom is -0.462 e. The Morgan fingerprint density at radius 3 is 2.63 bits per heavy atom. The molecule has 1 aromatic carbocycles. The van der Waals surface area contributed by atoms with Crippen molar-refractivity contribution in [3.05, 3.63) is 46.9 Å². The van der Waals surface area contributed by atoms with Gasteiger partial charge in [-0.3, -0.25) is 0 Å². The summed E-state index contributed by atoms with van der Waals surface area (Å²) in [6.45, 7) is 5.11. The number of benzene rings is 1. The van der Waals surface area contributed by atoms with Crippen LogP contribution in [-0.4, -0.2) is 60.8 Å². The number of fused-ring (bicyclic) bond motifs is 1. The van der Waals surface area contributed by atoms with E-state index in [0.29, 0.717) is 31.6 Å². The Morgan fingerprint density at radius 1 is 1.27 bits per heavy atom. The number of hydrogen-bond donors (Lipinski definition) is 4. The maximum Gasteiger partial charge on any atom is 0.293 e. The molecule has 2 fully saturated rings. The van der Waals surface area contributed by atoms with Crippen LogP contribution in [-0.2, 0) is 32.1 Å². The normalized spacial score (nSPS) is 28.0. The largest absolute Gasteiger partial charge is 0.462 e. The minimum atomic E-state index is -0.606. The number of aliphatic hydroxyl groups is 1. The molecule has 0 spiro atoms. The topological polar surface area (TPSA) is 123 Å². The predicted octanol–water partition coefficient (Wildman–Crippen LogP) is 0.0953. The Balaban J connectivity index is 1.44. The third-order valence-electron chi connectivity index (χ3n) is 5.21. The highest BCUT2D eigenvalue weighted by Gasteiger charge is 2.42. The lowest BCUT2D eigenvalue weighted by Gasteiger charge is -2.30. The number of amidine groups is 1. The van der Waals surface area contributed by atoms with Gasteiger partial charge in [0.1, 0.15) is 18.9 Å². The lowest BCUT2D eigenvalue weighted by Crippen LogP contribution is -2.50. The van der Waals surface area contributed by atoms with Gasteiger partial charge in [-0.05, 0) is 25.0 Å². The lowest BCUT2D eigenvalue weighted by atomic mass is 10.1. The lowest BCUT2D eigenvalue weighted by molar-refractivity contribution is -0.142. The summed E-state index contributed by atoms with van der Waals surface area (Å²) in [5.41, 5.74) is 8.87. The third-order valence-corrected chi connectivity index (χ3v) is 5.21. The molecule has 10 nitrogen and oxygen atoms in total. The van der Waals surface area contributed by atoms with Gasteiger partial charge < -0.3 is 40.4 Å². The van der Waals surface area contributed by atoms with Crippen LogP contribution in [0.1, 0.15) is 25.0 Å². The molecule has 30 heavy (non-hydrogen) atoms. The average molecular weight is 419 g/mol. The standard InChI is InChI=1S/C20H29N5O5/c1-20(2)29-11-14(30-20)10-28-18-23-16(21)15-17(24-18)25(19(22-15)27-3)8-12-4-6-13(9-26)7-5-12/h4-7,14,17,19,22,26H,8-11,21H2,1-3H3,(H,23,24). The van der Waals surface area contributed by atoms with Gasteiger partial charge in [-0.2, -0.15) is 4.99 Å². The van der Waals surface area contributed by atoms with E-state index in [1.54, 1.807) is 7.11 Å². The number of rotatable bonds is 6. The molecule has 3 unspecified atom stereocenters. The van der Waals surface area contributed by atoms with Crippen molar-refractivity contribution >= 4 is 6.02 Å². The molecule has 10 heteroatoms. The highest BCUT2D eigenvalue weighted by atomic mass is 16.7. The van der Waals surface area contributed by atoms with E-state index in [-0.39, 0.29) is 25.2 Å². The zero-order valence-corrected chi connectivity index (χ0v) is 17.4. The smallest absolute Gasteiger partial charge is 0.293 e. The quantitative estimate of drug-likeness (QED) is 0.508. The van der Waals surface area contributed by atoms with E-state index in [4.69, 9.17) is 24.7 Å². The number of nitrogens with one attached hydrogen (secondary N) is 2. The van der Waals surface area contributed by atoms with Crippen molar-refractivity contribution < 1.29 is 24.1 Å². The van der Waals surface area contributed by atoms with E-state index in [1.165, 1.54) is 0 Å². The van der Waals surface area contributed by atoms with Gasteiger partial charge in [0.2, 0.25) is 0 Å². The van der Waals surface area contributed by atoms with E-state index >= 15 is 0 Å². The van der Waals surface area contributed by atoms with Crippen LogP contribution in [0.2, 0.25) is 0 Å². The van der Waals surface area contributed by atoms with Gasteiger partial charge in [-0.25, -0.2) is 4.90 Å². The van der Waals surface area contributed by atoms with E-state index in [1.807, 2.05) is 38.1 Å². The highest BCUT2D eigenvalue weighted by molar-refractivity contribution is 5.77. The van der Waals surface area contributed by atoms with Crippen LogP contribution in [0.3, 0.4) is 0 Å². The Bertz CT molecular complexity index is 825. The van der Waals surface area contributed by atoms with Crippen molar-refractivity contribution in [3.8, 4) is 0 Å². The fourth-order valence-corrected chi connectivity index (χ4v) is 3.70. The first-order valence-corrected chi connectivity index (χ1v) is 9.92. The van der Waals surface area contributed by atoms with Crippen LogP contribution in [0.4, 0.5) is 0 Å². The third kappa shape index (κ3) is 4.37. The summed E-state index contributed by atoms with van der Waals surface area (Å²) in [5, 5.41) is 15.8. The first-order valence-electron chi connectivity index (χ1n) is 9.92. The highest BCUT2D eigenvalue weighted by Crippen LogP contribution is 2.26. The molecule has 0 bridgehead atoms. The van der Waals surface area contributed by atoms with Gasteiger partial charge in [0, 0.05) is 13.7 Å². The molecule has 0 aromatic heterocycles. The van der Waals surface area contributed by atoms with Gasteiger partial charge in [0.05, 0.1) is 18.9 Å². The molecule has 3 heterocycles. The first-order chi connectivity index (χ1) is 14.4. The Kier molecular flexibility index (Phi) is 5.85.